The molecule has 1 N–H and O–H groups in total. The number of carbonyl (C=O) groups excluding carboxylic acids is 3. The van der Waals surface area contributed by atoms with E-state index < -0.39 is 6.29 Å². The maximum absolute atomic E-state index is 12.2. The predicted octanol–water partition coefficient (Wildman–Crippen LogP) is 2.36. The molecule has 0 amide bonds. The van der Waals surface area contributed by atoms with Crippen LogP contribution in [0.2, 0.25) is 0 Å². The zero-order chi connectivity index (χ0) is 20.3. The van der Waals surface area contributed by atoms with Gasteiger partial charge in [-0.15, -0.1) is 0 Å². The molecule has 30 heavy (non-hydrogen) atoms. The van der Waals surface area contributed by atoms with Gasteiger partial charge in [-0.2, -0.15) is 0 Å². The first-order valence-electron chi connectivity index (χ1n) is 11.2. The number of fused-ring (bicyclic) bond motifs is 10. The highest BCUT2D eigenvalue weighted by molar-refractivity contribution is 5.97. The quantitative estimate of drug-likeness (QED) is 0.597. The summed E-state index contributed by atoms with van der Waals surface area (Å²) in [4.78, 5) is 36.4. The highest BCUT2D eigenvalue weighted by Crippen LogP contribution is 2.63. The first-order valence-corrected chi connectivity index (χ1v) is 11.2. The Balaban J connectivity index is 1.12. The van der Waals surface area contributed by atoms with E-state index in [9.17, 15) is 19.5 Å². The lowest BCUT2D eigenvalue weighted by atomic mass is 9.71. The van der Waals surface area contributed by atoms with E-state index in [1.807, 2.05) is 0 Å². The van der Waals surface area contributed by atoms with E-state index in [0.717, 1.165) is 25.7 Å². The second-order valence-corrected chi connectivity index (χ2v) is 10.4. The average molecular weight is 408 g/mol. The number of benzene rings is 1. The van der Waals surface area contributed by atoms with Gasteiger partial charge < -0.3 is 14.6 Å². The van der Waals surface area contributed by atoms with Crippen LogP contribution in [-0.4, -0.2) is 29.3 Å². The molecule has 4 saturated carbocycles. The second kappa shape index (κ2) is 5.72. The molecule has 156 valence electrons. The fourth-order valence-electron chi connectivity index (χ4n) is 8.43. The van der Waals surface area contributed by atoms with Gasteiger partial charge in [0.2, 0.25) is 6.29 Å². The molecule has 6 aliphatic rings. The van der Waals surface area contributed by atoms with Gasteiger partial charge in [-0.3, -0.25) is 14.4 Å². The average Bonchev–Trinajstić information content (AvgIpc) is 3.54. The minimum atomic E-state index is -0.920. The number of hydrogen-bond acceptors (Lipinski definition) is 6. The number of hydrogen-bond donors (Lipinski definition) is 1. The van der Waals surface area contributed by atoms with Crippen molar-refractivity contribution in [1.29, 1.82) is 0 Å². The van der Waals surface area contributed by atoms with E-state index in [4.69, 9.17) is 9.47 Å². The minimum Gasteiger partial charge on any atom is -0.435 e. The van der Waals surface area contributed by atoms with Crippen molar-refractivity contribution >= 4 is 17.9 Å². The van der Waals surface area contributed by atoms with E-state index >= 15 is 0 Å². The molecule has 1 aromatic rings. The Bertz CT molecular complexity index is 968. The van der Waals surface area contributed by atoms with E-state index in [0.29, 0.717) is 17.8 Å². The third-order valence-electron chi connectivity index (χ3n) is 9.45. The maximum atomic E-state index is 12.2. The molecule has 4 bridgehead atoms. The lowest BCUT2D eigenvalue weighted by Crippen LogP contribution is -2.30. The molecule has 4 aliphatic carbocycles. The zero-order valence-electron chi connectivity index (χ0n) is 16.5. The van der Waals surface area contributed by atoms with E-state index in [1.54, 1.807) is 0 Å². The van der Waals surface area contributed by atoms with Crippen LogP contribution >= 0.6 is 0 Å². The van der Waals surface area contributed by atoms with Gasteiger partial charge in [0, 0.05) is 5.92 Å². The Morgan fingerprint density at radius 3 is 1.97 bits per heavy atom. The lowest BCUT2D eigenvalue weighted by molar-refractivity contribution is -0.159. The van der Waals surface area contributed by atoms with Crippen molar-refractivity contribution in [3.8, 4) is 0 Å². The van der Waals surface area contributed by atoms with Crippen molar-refractivity contribution < 1.29 is 29.0 Å². The van der Waals surface area contributed by atoms with E-state index in [1.165, 1.54) is 11.1 Å². The zero-order valence-corrected chi connectivity index (χ0v) is 16.5. The maximum Gasteiger partial charge on any atom is 0.317 e. The molecule has 2 heterocycles. The van der Waals surface area contributed by atoms with Crippen LogP contribution in [0.3, 0.4) is 0 Å². The molecule has 2 saturated heterocycles. The van der Waals surface area contributed by atoms with Gasteiger partial charge in [0.1, 0.15) is 0 Å². The van der Waals surface area contributed by atoms with Gasteiger partial charge in [-0.1, -0.05) is 24.3 Å². The van der Waals surface area contributed by atoms with Crippen LogP contribution in [0.5, 0.6) is 0 Å². The van der Waals surface area contributed by atoms with Gasteiger partial charge in [0.15, 0.2) is 0 Å². The van der Waals surface area contributed by atoms with Crippen molar-refractivity contribution in [2.45, 2.75) is 43.8 Å². The van der Waals surface area contributed by atoms with Crippen LogP contribution in [0.4, 0.5) is 0 Å². The van der Waals surface area contributed by atoms with E-state index in [-0.39, 0.29) is 59.3 Å². The number of carbonyl (C=O) groups is 3. The molecular weight excluding hydrogens is 384 g/mol. The monoisotopic (exact) mass is 408 g/mol. The topological polar surface area (TPSA) is 89.9 Å². The largest absolute Gasteiger partial charge is 0.435 e. The normalized spacial score (nSPS) is 50.0. The summed E-state index contributed by atoms with van der Waals surface area (Å²) in [6, 6.07) is 8.74. The number of aliphatic hydroxyl groups excluding tert-OH is 1. The Kier molecular flexibility index (Phi) is 3.33. The number of aliphatic hydroxyl groups is 1. The summed E-state index contributed by atoms with van der Waals surface area (Å²) < 4.78 is 10.0. The van der Waals surface area contributed by atoms with Crippen LogP contribution < -0.4 is 0 Å². The third-order valence-corrected chi connectivity index (χ3v) is 9.45. The van der Waals surface area contributed by atoms with Crippen molar-refractivity contribution in [3.63, 3.8) is 0 Å². The Hall–Kier alpha value is -2.21. The summed E-state index contributed by atoms with van der Waals surface area (Å²) in [5.41, 5.74) is 2.50. The minimum absolute atomic E-state index is 0.0196. The molecule has 6 fully saturated rings. The number of esters is 3. The Morgan fingerprint density at radius 1 is 0.700 bits per heavy atom. The van der Waals surface area contributed by atoms with Gasteiger partial charge >= 0.3 is 17.9 Å². The number of cyclic esters (lactones) is 3. The molecule has 7 rings (SSSR count). The molecule has 0 radical (unpaired) electrons. The van der Waals surface area contributed by atoms with Crippen molar-refractivity contribution in [2.24, 2.45) is 47.3 Å². The lowest BCUT2D eigenvalue weighted by Gasteiger charge is -2.30. The highest BCUT2D eigenvalue weighted by atomic mass is 16.6. The molecule has 1 aromatic carbocycles. The molecule has 11 atom stereocenters. The van der Waals surface area contributed by atoms with Crippen LogP contribution in [-0.2, 0) is 23.9 Å². The van der Waals surface area contributed by atoms with Gasteiger partial charge in [-0.25, -0.2) is 0 Å². The summed E-state index contributed by atoms with van der Waals surface area (Å²) in [5, 5.41) is 10.1. The van der Waals surface area contributed by atoms with Gasteiger partial charge in [0.25, 0.3) is 0 Å². The molecule has 7 unspecified atom stereocenters. The molecule has 6 nitrogen and oxygen atoms in total. The standard InChI is InChI=1S/C24H24O6/c25-21-17-11-5-13(15(7-11)19(17)23(27)29-21)9-1-2-10(4-3-9)14-6-12-8-16(14)20-18(12)22(26)30-24(20)28/h1-4,11-21,25H,5-8H2/t11?,12?,13-,14?,15?,16-,17?,18-,19?,20?,21+/m0/s1. The summed E-state index contributed by atoms with van der Waals surface area (Å²) in [6.07, 6.45) is 2.98. The van der Waals surface area contributed by atoms with Crippen molar-refractivity contribution in [1.82, 2.24) is 0 Å². The first-order chi connectivity index (χ1) is 14.5. The fraction of sp³-hybridized carbons (Fsp3) is 0.625. The third kappa shape index (κ3) is 2.06. The van der Waals surface area contributed by atoms with E-state index in [2.05, 4.69) is 24.3 Å². The second-order valence-electron chi connectivity index (χ2n) is 10.4. The Morgan fingerprint density at radius 2 is 1.27 bits per heavy atom. The van der Waals surface area contributed by atoms with Crippen molar-refractivity contribution in [3.05, 3.63) is 35.4 Å². The summed E-state index contributed by atoms with van der Waals surface area (Å²) in [7, 11) is 0. The summed E-state index contributed by atoms with van der Waals surface area (Å²) in [5.74, 6) is 0.276. The fourth-order valence-corrected chi connectivity index (χ4v) is 8.43. The van der Waals surface area contributed by atoms with Crippen LogP contribution in [0.25, 0.3) is 0 Å². The van der Waals surface area contributed by atoms with Gasteiger partial charge in [0.05, 0.1) is 17.8 Å². The van der Waals surface area contributed by atoms with Gasteiger partial charge in [-0.05, 0) is 72.3 Å². The van der Waals surface area contributed by atoms with Crippen LogP contribution in [0.1, 0.15) is 48.6 Å². The molecule has 6 heteroatoms. The van der Waals surface area contributed by atoms with Crippen LogP contribution in [0.15, 0.2) is 24.3 Å². The Labute approximate surface area is 173 Å². The highest BCUT2D eigenvalue weighted by Gasteiger charge is 2.64. The van der Waals surface area contributed by atoms with Crippen molar-refractivity contribution in [2.75, 3.05) is 0 Å². The smallest absolute Gasteiger partial charge is 0.317 e. The number of ether oxygens (including phenoxy) is 2. The molecule has 0 spiro atoms. The first kappa shape index (κ1) is 17.5. The summed E-state index contributed by atoms with van der Waals surface area (Å²) >= 11 is 0. The molecule has 0 aromatic heterocycles. The SMILES string of the molecule is O=C1O[C@@H](O)C2C3CC(C12)[C@H](c1ccc(C2CC4C[C@@H]2C2C(=O)OC(=O)[C@@H]42)cc1)C3. The van der Waals surface area contributed by atoms with Crippen LogP contribution in [0, 0.1) is 47.3 Å². The predicted molar refractivity (Wildman–Crippen MR) is 102 cm³/mol. The summed E-state index contributed by atoms with van der Waals surface area (Å²) in [6.45, 7) is 0. The molecule has 2 aliphatic heterocycles. The molecular formula is C24H24O6. The number of rotatable bonds is 2.